The number of hydrogen-bond donors (Lipinski definition) is 1. The van der Waals surface area contributed by atoms with E-state index in [1.807, 2.05) is 19.3 Å². The Morgan fingerprint density at radius 3 is 2.71 bits per heavy atom. The fourth-order valence-electron chi connectivity index (χ4n) is 1.62. The summed E-state index contributed by atoms with van der Waals surface area (Å²) in [6.45, 7) is 0. The highest BCUT2D eigenvalue weighted by molar-refractivity contribution is 5.92. The maximum Gasteiger partial charge on any atom is 0.339 e. The first-order valence-corrected chi connectivity index (χ1v) is 5.02. The van der Waals surface area contributed by atoms with Gasteiger partial charge in [0, 0.05) is 18.8 Å². The smallest absolute Gasteiger partial charge is 0.339 e. The molecule has 88 valence electrons. The van der Waals surface area contributed by atoms with Gasteiger partial charge in [0.2, 0.25) is 0 Å². The number of carboxylic acid groups (broad SMARTS) is 1. The molecule has 0 saturated heterocycles. The second-order valence-electron chi connectivity index (χ2n) is 3.62. The first kappa shape index (κ1) is 11.2. The van der Waals surface area contributed by atoms with Crippen molar-refractivity contribution in [2.75, 3.05) is 7.11 Å². The molecule has 0 aliphatic carbocycles. The second-order valence-corrected chi connectivity index (χ2v) is 3.62. The Labute approximate surface area is 98.3 Å². The standard InChI is InChI=1S/C12H12N2O3/c1-14-7-9(6-13-14)8-3-4-11(17-2)10(5-8)12(15)16/h3-7H,1-2H3,(H,15,16). The second kappa shape index (κ2) is 4.29. The summed E-state index contributed by atoms with van der Waals surface area (Å²) < 4.78 is 6.67. The van der Waals surface area contributed by atoms with Crippen LogP contribution >= 0.6 is 0 Å². The van der Waals surface area contributed by atoms with Crippen LogP contribution in [0.25, 0.3) is 11.1 Å². The maximum atomic E-state index is 11.1. The van der Waals surface area contributed by atoms with E-state index < -0.39 is 5.97 Å². The largest absolute Gasteiger partial charge is 0.496 e. The molecular formula is C12H12N2O3. The Balaban J connectivity index is 2.50. The van der Waals surface area contributed by atoms with Crippen molar-refractivity contribution in [2.45, 2.75) is 0 Å². The first-order chi connectivity index (χ1) is 8.11. The van der Waals surface area contributed by atoms with Gasteiger partial charge in [0.05, 0.1) is 13.3 Å². The first-order valence-electron chi connectivity index (χ1n) is 5.02. The van der Waals surface area contributed by atoms with Crippen molar-refractivity contribution in [1.29, 1.82) is 0 Å². The van der Waals surface area contributed by atoms with Gasteiger partial charge in [-0.1, -0.05) is 6.07 Å². The maximum absolute atomic E-state index is 11.1. The van der Waals surface area contributed by atoms with E-state index in [1.165, 1.54) is 7.11 Å². The molecule has 0 bridgehead atoms. The van der Waals surface area contributed by atoms with Crippen LogP contribution < -0.4 is 4.74 Å². The summed E-state index contributed by atoms with van der Waals surface area (Å²) in [5.41, 5.74) is 1.82. The number of hydrogen-bond acceptors (Lipinski definition) is 3. The molecule has 0 aliphatic rings. The summed E-state index contributed by atoms with van der Waals surface area (Å²) >= 11 is 0. The molecule has 0 radical (unpaired) electrons. The third-order valence-electron chi connectivity index (χ3n) is 2.47. The van der Waals surface area contributed by atoms with Crippen LogP contribution in [0.1, 0.15) is 10.4 Å². The van der Waals surface area contributed by atoms with Crippen LogP contribution in [-0.2, 0) is 7.05 Å². The number of benzene rings is 1. The van der Waals surface area contributed by atoms with E-state index in [4.69, 9.17) is 9.84 Å². The Kier molecular flexibility index (Phi) is 2.82. The van der Waals surface area contributed by atoms with Crippen molar-refractivity contribution in [3.8, 4) is 16.9 Å². The average Bonchev–Trinajstić information content (AvgIpc) is 2.75. The Bertz CT molecular complexity index is 561. The molecule has 0 spiro atoms. The zero-order valence-electron chi connectivity index (χ0n) is 9.54. The number of aromatic nitrogens is 2. The Morgan fingerprint density at radius 1 is 1.41 bits per heavy atom. The zero-order valence-corrected chi connectivity index (χ0v) is 9.54. The lowest BCUT2D eigenvalue weighted by molar-refractivity contribution is 0.0693. The van der Waals surface area contributed by atoms with Gasteiger partial charge in [-0.15, -0.1) is 0 Å². The van der Waals surface area contributed by atoms with Gasteiger partial charge in [0.25, 0.3) is 0 Å². The number of aromatic carboxylic acids is 1. The molecule has 1 aromatic carbocycles. The fraction of sp³-hybridized carbons (Fsp3) is 0.167. The molecule has 2 aromatic rings. The molecule has 0 aliphatic heterocycles. The third kappa shape index (κ3) is 2.13. The van der Waals surface area contributed by atoms with Crippen LogP contribution in [0.3, 0.4) is 0 Å². The van der Waals surface area contributed by atoms with Gasteiger partial charge in [-0.3, -0.25) is 4.68 Å². The Hall–Kier alpha value is -2.30. The SMILES string of the molecule is COc1ccc(-c2cnn(C)c2)cc1C(=O)O. The van der Waals surface area contributed by atoms with Crippen molar-refractivity contribution < 1.29 is 14.6 Å². The summed E-state index contributed by atoms with van der Waals surface area (Å²) in [7, 11) is 3.26. The van der Waals surface area contributed by atoms with Crippen LogP contribution in [0.4, 0.5) is 0 Å². The van der Waals surface area contributed by atoms with Crippen molar-refractivity contribution >= 4 is 5.97 Å². The summed E-state index contributed by atoms with van der Waals surface area (Å²) in [5.74, 6) is -0.655. The molecule has 0 amide bonds. The Morgan fingerprint density at radius 2 is 2.18 bits per heavy atom. The monoisotopic (exact) mass is 232 g/mol. The van der Waals surface area contributed by atoms with Gasteiger partial charge in [0.1, 0.15) is 11.3 Å². The zero-order chi connectivity index (χ0) is 12.4. The van der Waals surface area contributed by atoms with E-state index in [0.29, 0.717) is 5.75 Å². The molecule has 5 nitrogen and oxygen atoms in total. The molecule has 0 atom stereocenters. The molecule has 0 saturated carbocycles. The average molecular weight is 232 g/mol. The number of aryl methyl sites for hydroxylation is 1. The van der Waals surface area contributed by atoms with E-state index in [-0.39, 0.29) is 5.56 Å². The lowest BCUT2D eigenvalue weighted by Crippen LogP contribution is -2.00. The predicted molar refractivity (Wildman–Crippen MR) is 62.2 cm³/mol. The quantitative estimate of drug-likeness (QED) is 0.876. The van der Waals surface area contributed by atoms with Gasteiger partial charge >= 0.3 is 5.97 Å². The van der Waals surface area contributed by atoms with E-state index in [1.54, 1.807) is 23.0 Å². The third-order valence-corrected chi connectivity index (χ3v) is 2.47. The minimum Gasteiger partial charge on any atom is -0.496 e. The molecule has 1 aromatic heterocycles. The minimum absolute atomic E-state index is 0.147. The van der Waals surface area contributed by atoms with E-state index in [9.17, 15) is 4.79 Å². The number of nitrogens with zero attached hydrogens (tertiary/aromatic N) is 2. The van der Waals surface area contributed by atoms with Gasteiger partial charge in [-0.2, -0.15) is 5.10 Å². The van der Waals surface area contributed by atoms with Crippen molar-refractivity contribution in [1.82, 2.24) is 9.78 Å². The highest BCUT2D eigenvalue weighted by Gasteiger charge is 2.12. The van der Waals surface area contributed by atoms with Crippen LogP contribution in [-0.4, -0.2) is 28.0 Å². The summed E-state index contributed by atoms with van der Waals surface area (Å²) in [6, 6.07) is 5.03. The van der Waals surface area contributed by atoms with Crippen LogP contribution in [0.2, 0.25) is 0 Å². The molecule has 0 unspecified atom stereocenters. The molecule has 2 rings (SSSR count). The number of ether oxygens (including phenoxy) is 1. The normalized spacial score (nSPS) is 10.2. The van der Waals surface area contributed by atoms with Crippen LogP contribution in [0.15, 0.2) is 30.6 Å². The molecule has 0 fully saturated rings. The summed E-state index contributed by atoms with van der Waals surface area (Å²) in [4.78, 5) is 11.1. The molecule has 1 N–H and O–H groups in total. The lowest BCUT2D eigenvalue weighted by atomic mass is 10.1. The summed E-state index contributed by atoms with van der Waals surface area (Å²) in [5, 5.41) is 13.1. The van der Waals surface area contributed by atoms with Crippen molar-refractivity contribution in [3.63, 3.8) is 0 Å². The van der Waals surface area contributed by atoms with Gasteiger partial charge in [0.15, 0.2) is 0 Å². The number of carbonyl (C=O) groups is 1. The summed E-state index contributed by atoms with van der Waals surface area (Å²) in [6.07, 6.45) is 3.51. The minimum atomic E-state index is -1.01. The predicted octanol–water partition coefficient (Wildman–Crippen LogP) is 1.79. The van der Waals surface area contributed by atoms with Crippen LogP contribution in [0, 0.1) is 0 Å². The van der Waals surface area contributed by atoms with Gasteiger partial charge < -0.3 is 9.84 Å². The topological polar surface area (TPSA) is 64.4 Å². The van der Waals surface area contributed by atoms with Gasteiger partial charge in [-0.05, 0) is 17.7 Å². The highest BCUT2D eigenvalue weighted by Crippen LogP contribution is 2.26. The molecular weight excluding hydrogens is 220 g/mol. The highest BCUT2D eigenvalue weighted by atomic mass is 16.5. The van der Waals surface area contributed by atoms with Crippen molar-refractivity contribution in [2.24, 2.45) is 7.05 Å². The molecule has 1 heterocycles. The fourth-order valence-corrected chi connectivity index (χ4v) is 1.62. The van der Waals surface area contributed by atoms with Gasteiger partial charge in [-0.25, -0.2) is 4.79 Å². The lowest BCUT2D eigenvalue weighted by Gasteiger charge is -2.06. The molecule has 5 heteroatoms. The van der Waals surface area contributed by atoms with Crippen LogP contribution in [0.5, 0.6) is 5.75 Å². The number of methoxy groups -OCH3 is 1. The van der Waals surface area contributed by atoms with Crippen molar-refractivity contribution in [3.05, 3.63) is 36.2 Å². The van der Waals surface area contributed by atoms with E-state index >= 15 is 0 Å². The van der Waals surface area contributed by atoms with E-state index in [0.717, 1.165) is 11.1 Å². The number of rotatable bonds is 3. The van der Waals surface area contributed by atoms with E-state index in [2.05, 4.69) is 5.10 Å². The number of carboxylic acids is 1. The molecule has 17 heavy (non-hydrogen) atoms.